The Morgan fingerprint density at radius 3 is 2.33 bits per heavy atom. The van der Waals surface area contributed by atoms with E-state index in [0.29, 0.717) is 48.9 Å². The minimum absolute atomic E-state index is 0.0220. The summed E-state index contributed by atoms with van der Waals surface area (Å²) in [4.78, 5) is 30.1. The van der Waals surface area contributed by atoms with Crippen molar-refractivity contribution in [1.29, 1.82) is 0 Å². The molecular weight excluding hydrogens is 498 g/mol. The van der Waals surface area contributed by atoms with Gasteiger partial charge >= 0.3 is 0 Å². The van der Waals surface area contributed by atoms with Crippen LogP contribution in [0.15, 0.2) is 48.5 Å². The maximum atomic E-state index is 13.7. The molecule has 0 bridgehead atoms. The summed E-state index contributed by atoms with van der Waals surface area (Å²) in [7, 11) is 4.95. The van der Waals surface area contributed by atoms with Gasteiger partial charge in [0.15, 0.2) is 17.6 Å². The molecule has 3 rings (SSSR count). The zero-order chi connectivity index (χ0) is 28.4. The van der Waals surface area contributed by atoms with Crippen LogP contribution in [0.2, 0.25) is 0 Å². The van der Waals surface area contributed by atoms with E-state index in [1.165, 1.54) is 0 Å². The summed E-state index contributed by atoms with van der Waals surface area (Å²) >= 11 is 0. The van der Waals surface area contributed by atoms with Crippen LogP contribution in [0.1, 0.15) is 42.3 Å². The molecule has 1 fully saturated rings. The fourth-order valence-corrected chi connectivity index (χ4v) is 4.90. The standard InChI is InChI=1S/C30H43N3O6/c1-21(2)33(29(35)23-12-13-26(38-5)27(16-23)39-15-9-14-37-4)20-25-18-31-17-24(25)19-32(3)30(36)28(34)22-10-7-6-8-11-22/h6-8,10-13,16,21,24-25,28,31,34H,9,14-15,17-20H2,1-5H3/t24-,25-,28?/m0/s1. The Kier molecular flexibility index (Phi) is 11.6. The van der Waals surface area contributed by atoms with Gasteiger partial charge in [0.2, 0.25) is 0 Å². The molecule has 1 aliphatic heterocycles. The van der Waals surface area contributed by atoms with Gasteiger partial charge in [0.1, 0.15) is 0 Å². The maximum Gasteiger partial charge on any atom is 0.255 e. The monoisotopic (exact) mass is 541 g/mol. The molecule has 0 radical (unpaired) electrons. The van der Waals surface area contributed by atoms with E-state index in [1.54, 1.807) is 68.6 Å². The van der Waals surface area contributed by atoms with Gasteiger partial charge in [-0.05, 0) is 49.4 Å². The second-order valence-electron chi connectivity index (χ2n) is 10.3. The smallest absolute Gasteiger partial charge is 0.255 e. The van der Waals surface area contributed by atoms with Crippen LogP contribution in [0.25, 0.3) is 0 Å². The van der Waals surface area contributed by atoms with Gasteiger partial charge in [0, 0.05) is 65.0 Å². The van der Waals surface area contributed by atoms with Gasteiger partial charge in [-0.2, -0.15) is 0 Å². The number of aliphatic hydroxyl groups excluding tert-OH is 1. The number of aliphatic hydroxyl groups is 1. The number of nitrogens with one attached hydrogen (secondary N) is 1. The van der Waals surface area contributed by atoms with E-state index >= 15 is 0 Å². The van der Waals surface area contributed by atoms with Gasteiger partial charge in [-0.15, -0.1) is 0 Å². The molecule has 9 nitrogen and oxygen atoms in total. The third-order valence-corrected chi connectivity index (χ3v) is 7.19. The lowest BCUT2D eigenvalue weighted by atomic mass is 9.93. The van der Waals surface area contributed by atoms with Crippen LogP contribution in [0.5, 0.6) is 11.5 Å². The molecule has 1 unspecified atom stereocenters. The molecule has 2 aromatic rings. The second-order valence-corrected chi connectivity index (χ2v) is 10.3. The quantitative estimate of drug-likeness (QED) is 0.355. The largest absolute Gasteiger partial charge is 0.493 e. The molecule has 0 aromatic heterocycles. The third-order valence-electron chi connectivity index (χ3n) is 7.19. The van der Waals surface area contributed by atoms with Crippen molar-refractivity contribution < 1.29 is 28.9 Å². The Morgan fingerprint density at radius 2 is 1.69 bits per heavy atom. The van der Waals surface area contributed by atoms with Crippen molar-refractivity contribution >= 4 is 11.8 Å². The molecule has 0 saturated carbocycles. The molecule has 1 heterocycles. The molecule has 2 N–H and O–H groups in total. The Hall–Kier alpha value is -3.14. The van der Waals surface area contributed by atoms with Gasteiger partial charge in [0.25, 0.3) is 11.8 Å². The third kappa shape index (κ3) is 8.17. The summed E-state index contributed by atoms with van der Waals surface area (Å²) in [6.07, 6.45) is -0.468. The van der Waals surface area contributed by atoms with Crippen molar-refractivity contribution in [3.8, 4) is 11.5 Å². The topological polar surface area (TPSA) is 101 Å². The molecule has 3 atom stereocenters. The normalized spacial score (nSPS) is 17.6. The molecule has 2 amide bonds. The summed E-state index contributed by atoms with van der Waals surface area (Å²) in [5.74, 6) is 0.991. The van der Waals surface area contributed by atoms with Crippen molar-refractivity contribution in [2.24, 2.45) is 11.8 Å². The number of likely N-dealkylation sites (N-methyl/N-ethyl adjacent to an activating group) is 1. The summed E-state index contributed by atoms with van der Waals surface area (Å²) in [5.41, 5.74) is 1.11. The van der Waals surface area contributed by atoms with Crippen LogP contribution in [0.4, 0.5) is 0 Å². The van der Waals surface area contributed by atoms with Gasteiger partial charge in [0.05, 0.1) is 13.7 Å². The first-order valence-electron chi connectivity index (χ1n) is 13.6. The first-order chi connectivity index (χ1) is 18.8. The van der Waals surface area contributed by atoms with E-state index in [2.05, 4.69) is 5.32 Å². The average Bonchev–Trinajstić information content (AvgIpc) is 3.39. The van der Waals surface area contributed by atoms with Gasteiger partial charge in [-0.3, -0.25) is 9.59 Å². The Labute approximate surface area is 232 Å². The van der Waals surface area contributed by atoms with Crippen molar-refractivity contribution in [2.75, 3.05) is 60.7 Å². The Morgan fingerprint density at radius 1 is 1.00 bits per heavy atom. The number of carbonyl (C=O) groups excluding carboxylic acids is 2. The summed E-state index contributed by atoms with van der Waals surface area (Å²) < 4.78 is 16.4. The number of hydrogen-bond acceptors (Lipinski definition) is 7. The number of rotatable bonds is 14. The lowest BCUT2D eigenvalue weighted by Gasteiger charge is -2.33. The van der Waals surface area contributed by atoms with Crippen LogP contribution < -0.4 is 14.8 Å². The lowest BCUT2D eigenvalue weighted by Crippen LogP contribution is -2.44. The molecule has 1 aliphatic rings. The van der Waals surface area contributed by atoms with Crippen molar-refractivity contribution in [3.63, 3.8) is 0 Å². The minimum atomic E-state index is -1.20. The molecule has 0 aliphatic carbocycles. The van der Waals surface area contributed by atoms with E-state index in [0.717, 1.165) is 19.5 Å². The van der Waals surface area contributed by atoms with Gasteiger partial charge in [-0.25, -0.2) is 0 Å². The van der Waals surface area contributed by atoms with Crippen LogP contribution in [0, 0.1) is 11.8 Å². The minimum Gasteiger partial charge on any atom is -0.493 e. The fourth-order valence-electron chi connectivity index (χ4n) is 4.90. The molecular formula is C30H43N3O6. The van der Waals surface area contributed by atoms with Crippen LogP contribution >= 0.6 is 0 Å². The molecule has 9 heteroatoms. The number of benzene rings is 2. The molecule has 1 saturated heterocycles. The van der Waals surface area contributed by atoms with E-state index < -0.39 is 6.10 Å². The number of carbonyl (C=O) groups is 2. The predicted octanol–water partition coefficient (Wildman–Crippen LogP) is 2.99. The molecule has 0 spiro atoms. The highest BCUT2D eigenvalue weighted by molar-refractivity contribution is 5.95. The van der Waals surface area contributed by atoms with E-state index in [4.69, 9.17) is 14.2 Å². The Bertz CT molecular complexity index is 1060. The number of nitrogens with zero attached hydrogens (tertiary/aromatic N) is 2. The van der Waals surface area contributed by atoms with Crippen LogP contribution in [0.3, 0.4) is 0 Å². The maximum absolute atomic E-state index is 13.7. The highest BCUT2D eigenvalue weighted by Crippen LogP contribution is 2.30. The molecule has 39 heavy (non-hydrogen) atoms. The number of methoxy groups -OCH3 is 2. The summed E-state index contributed by atoms with van der Waals surface area (Å²) in [6, 6.07) is 14.2. The lowest BCUT2D eigenvalue weighted by molar-refractivity contribution is -0.139. The van der Waals surface area contributed by atoms with Gasteiger partial charge < -0.3 is 34.4 Å². The summed E-state index contributed by atoms with van der Waals surface area (Å²) in [5, 5.41) is 14.0. The van der Waals surface area contributed by atoms with E-state index in [-0.39, 0.29) is 29.7 Å². The molecule has 214 valence electrons. The number of hydrogen-bond donors (Lipinski definition) is 2. The predicted molar refractivity (Wildman–Crippen MR) is 150 cm³/mol. The number of ether oxygens (including phenoxy) is 3. The number of amides is 2. The SMILES string of the molecule is COCCCOc1cc(C(=O)N(C[C@@H]2CNC[C@H]2CN(C)C(=O)C(O)c2ccccc2)C(C)C)ccc1OC. The highest BCUT2D eigenvalue weighted by Gasteiger charge is 2.34. The van der Waals surface area contributed by atoms with E-state index in [1.807, 2.05) is 24.8 Å². The molecule has 2 aromatic carbocycles. The first kappa shape index (κ1) is 30.4. The van der Waals surface area contributed by atoms with Crippen molar-refractivity contribution in [2.45, 2.75) is 32.4 Å². The second kappa shape index (κ2) is 14.9. The zero-order valence-corrected chi connectivity index (χ0v) is 23.8. The average molecular weight is 542 g/mol. The zero-order valence-electron chi connectivity index (χ0n) is 23.8. The Balaban J connectivity index is 1.68. The van der Waals surface area contributed by atoms with Crippen LogP contribution in [-0.4, -0.2) is 93.4 Å². The van der Waals surface area contributed by atoms with Crippen molar-refractivity contribution in [1.82, 2.24) is 15.1 Å². The van der Waals surface area contributed by atoms with E-state index in [9.17, 15) is 14.7 Å². The fraction of sp³-hybridized carbons (Fsp3) is 0.533. The van der Waals surface area contributed by atoms with Crippen molar-refractivity contribution in [3.05, 3.63) is 59.7 Å². The van der Waals surface area contributed by atoms with Gasteiger partial charge in [-0.1, -0.05) is 30.3 Å². The summed E-state index contributed by atoms with van der Waals surface area (Å²) in [6.45, 7) is 7.59. The highest BCUT2D eigenvalue weighted by atomic mass is 16.5. The first-order valence-corrected chi connectivity index (χ1v) is 13.6. The van der Waals surface area contributed by atoms with Crippen LogP contribution in [-0.2, 0) is 9.53 Å².